The first-order chi connectivity index (χ1) is 15.6. The molecule has 2 aromatic rings. The lowest BCUT2D eigenvalue weighted by Gasteiger charge is -2.34. The standard InChI is InChI=1S/C21H21F2N5O4S/c1-21(13-33(30,31)28(2)20(24)27-21)15-9-14(5-6-16(15)22)10-17(23)18-11-26-19(12-25-18)32-8-4-3-7-29/h5-6,9-12,29H,7-8,13H2,1-2H3,(H2,24,27)/b17-10-/t21-/m0/s1. The Kier molecular flexibility index (Phi) is 6.95. The van der Waals surface area contributed by atoms with Crippen LogP contribution < -0.4 is 10.5 Å². The highest BCUT2D eigenvalue weighted by Gasteiger charge is 2.41. The first kappa shape index (κ1) is 24.1. The number of halogens is 2. The Morgan fingerprint density at radius 1 is 1.36 bits per heavy atom. The molecule has 0 spiro atoms. The maximum atomic E-state index is 14.7. The third-order valence-electron chi connectivity index (χ3n) is 4.80. The summed E-state index contributed by atoms with van der Waals surface area (Å²) in [7, 11) is -2.54. The van der Waals surface area contributed by atoms with Crippen LogP contribution in [0.25, 0.3) is 11.9 Å². The fraction of sp³-hybridized carbons (Fsp3) is 0.286. The van der Waals surface area contributed by atoms with Gasteiger partial charge in [-0.05, 0) is 30.7 Å². The Labute approximate surface area is 189 Å². The fourth-order valence-electron chi connectivity index (χ4n) is 3.08. The highest BCUT2D eigenvalue weighted by atomic mass is 32.2. The number of hydrogen-bond donors (Lipinski definition) is 2. The molecule has 0 amide bonds. The molecule has 1 aliphatic heterocycles. The first-order valence-corrected chi connectivity index (χ1v) is 11.2. The Hall–Kier alpha value is -3.56. The Morgan fingerprint density at radius 2 is 2.12 bits per heavy atom. The lowest BCUT2D eigenvalue weighted by Crippen LogP contribution is -2.50. The van der Waals surface area contributed by atoms with Crippen LogP contribution in [-0.4, -0.2) is 59.8 Å². The van der Waals surface area contributed by atoms with Crippen LogP contribution in [0.3, 0.4) is 0 Å². The van der Waals surface area contributed by atoms with E-state index in [0.29, 0.717) is 0 Å². The topological polar surface area (TPSA) is 131 Å². The summed E-state index contributed by atoms with van der Waals surface area (Å²) in [6.07, 6.45) is 3.47. The average Bonchev–Trinajstić information content (AvgIpc) is 2.76. The number of aliphatic hydroxyl groups excluding tert-OH is 1. The largest absolute Gasteiger partial charge is 0.463 e. The smallest absolute Gasteiger partial charge is 0.239 e. The summed E-state index contributed by atoms with van der Waals surface area (Å²) < 4.78 is 60.2. The summed E-state index contributed by atoms with van der Waals surface area (Å²) in [6.45, 7) is 1.14. The van der Waals surface area contributed by atoms with Gasteiger partial charge >= 0.3 is 0 Å². The molecule has 1 atom stereocenters. The number of ether oxygens (including phenoxy) is 1. The van der Waals surface area contributed by atoms with Gasteiger partial charge in [-0.3, -0.25) is 0 Å². The van der Waals surface area contributed by atoms with Gasteiger partial charge in [0.15, 0.2) is 12.4 Å². The minimum absolute atomic E-state index is 0.0114. The van der Waals surface area contributed by atoms with Crippen LogP contribution in [0.1, 0.15) is 23.7 Å². The van der Waals surface area contributed by atoms with Crippen LogP contribution in [-0.2, 0) is 15.6 Å². The molecule has 174 valence electrons. The summed E-state index contributed by atoms with van der Waals surface area (Å²) in [4.78, 5) is 12.0. The molecule has 0 unspecified atom stereocenters. The quantitative estimate of drug-likeness (QED) is 0.620. The van der Waals surface area contributed by atoms with Crippen molar-refractivity contribution in [2.45, 2.75) is 12.5 Å². The molecule has 2 heterocycles. The van der Waals surface area contributed by atoms with Gasteiger partial charge in [0.1, 0.15) is 23.7 Å². The fourth-order valence-corrected chi connectivity index (χ4v) is 4.53. The van der Waals surface area contributed by atoms with E-state index >= 15 is 0 Å². The molecule has 3 N–H and O–H groups in total. The van der Waals surface area contributed by atoms with Crippen LogP contribution in [0.2, 0.25) is 0 Å². The van der Waals surface area contributed by atoms with Crippen LogP contribution in [0, 0.1) is 17.7 Å². The van der Waals surface area contributed by atoms with Gasteiger partial charge in [-0.1, -0.05) is 17.9 Å². The number of hydrogen-bond acceptors (Lipinski definition) is 8. The van der Waals surface area contributed by atoms with E-state index in [2.05, 4.69) is 26.8 Å². The lowest BCUT2D eigenvalue weighted by molar-refractivity contribution is 0.344. The average molecular weight is 477 g/mol. The summed E-state index contributed by atoms with van der Waals surface area (Å²) in [6, 6.07) is 3.76. The van der Waals surface area contributed by atoms with E-state index in [1.807, 2.05) is 0 Å². The summed E-state index contributed by atoms with van der Waals surface area (Å²) >= 11 is 0. The van der Waals surface area contributed by atoms with Gasteiger partial charge in [-0.2, -0.15) is 0 Å². The Bertz CT molecular complexity index is 1270. The molecule has 3 rings (SSSR count). The number of nitrogens with zero attached hydrogens (tertiary/aromatic N) is 4. The number of rotatable bonds is 5. The van der Waals surface area contributed by atoms with Gasteiger partial charge in [0.05, 0.1) is 18.1 Å². The predicted octanol–water partition coefficient (Wildman–Crippen LogP) is 1.26. The van der Waals surface area contributed by atoms with E-state index in [4.69, 9.17) is 15.6 Å². The zero-order valence-corrected chi connectivity index (χ0v) is 18.6. The summed E-state index contributed by atoms with van der Waals surface area (Å²) in [5.74, 6) is 2.85. The maximum absolute atomic E-state index is 14.7. The highest BCUT2D eigenvalue weighted by Crippen LogP contribution is 2.34. The number of benzene rings is 1. The van der Waals surface area contributed by atoms with Gasteiger partial charge in [0, 0.05) is 12.6 Å². The van der Waals surface area contributed by atoms with E-state index in [9.17, 15) is 17.2 Å². The maximum Gasteiger partial charge on any atom is 0.239 e. The second-order valence-corrected chi connectivity index (χ2v) is 9.24. The van der Waals surface area contributed by atoms with Crippen molar-refractivity contribution in [1.29, 1.82) is 0 Å². The van der Waals surface area contributed by atoms with Crippen molar-refractivity contribution in [3.63, 3.8) is 0 Å². The van der Waals surface area contributed by atoms with Crippen LogP contribution in [0.5, 0.6) is 5.88 Å². The van der Waals surface area contributed by atoms with Crippen molar-refractivity contribution in [2.75, 3.05) is 26.0 Å². The van der Waals surface area contributed by atoms with E-state index in [0.717, 1.165) is 22.6 Å². The molecular weight excluding hydrogens is 456 g/mol. The number of aromatic nitrogens is 2. The molecule has 0 saturated heterocycles. The third kappa shape index (κ3) is 5.44. The molecule has 1 aromatic heterocycles. The Morgan fingerprint density at radius 3 is 2.76 bits per heavy atom. The van der Waals surface area contributed by atoms with E-state index < -0.39 is 33.0 Å². The van der Waals surface area contributed by atoms with Gasteiger partial charge in [-0.15, -0.1) is 0 Å². The van der Waals surface area contributed by atoms with E-state index in [1.54, 1.807) is 0 Å². The summed E-state index contributed by atoms with van der Waals surface area (Å²) in [5.41, 5.74) is 4.37. The van der Waals surface area contributed by atoms with Crippen molar-refractivity contribution in [3.05, 3.63) is 53.2 Å². The molecule has 0 bridgehead atoms. The molecule has 1 aliphatic rings. The normalized spacial score (nSPS) is 20.0. The SMILES string of the molecule is CN1C(N)=N[C@](C)(c2cc(/C=C(\F)c3cnc(OCC#CCO)cn3)ccc2F)CS1(=O)=O. The predicted molar refractivity (Wildman–Crippen MR) is 118 cm³/mol. The molecule has 0 fully saturated rings. The second-order valence-electron chi connectivity index (χ2n) is 7.24. The third-order valence-corrected chi connectivity index (χ3v) is 6.75. The first-order valence-electron chi connectivity index (χ1n) is 9.57. The van der Waals surface area contributed by atoms with Gasteiger partial charge in [0.25, 0.3) is 0 Å². The highest BCUT2D eigenvalue weighted by molar-refractivity contribution is 7.89. The minimum Gasteiger partial charge on any atom is -0.463 e. The molecule has 1 aromatic carbocycles. The van der Waals surface area contributed by atoms with Gasteiger partial charge < -0.3 is 15.6 Å². The molecule has 0 aliphatic carbocycles. The molecule has 33 heavy (non-hydrogen) atoms. The number of guanidine groups is 1. The monoisotopic (exact) mass is 477 g/mol. The van der Waals surface area contributed by atoms with Gasteiger partial charge in [0.2, 0.25) is 21.9 Å². The van der Waals surface area contributed by atoms with Crippen molar-refractivity contribution >= 4 is 27.9 Å². The summed E-state index contributed by atoms with van der Waals surface area (Å²) in [5, 5.41) is 8.58. The van der Waals surface area contributed by atoms with Crippen LogP contribution in [0.15, 0.2) is 35.6 Å². The zero-order chi connectivity index (χ0) is 24.2. The zero-order valence-electron chi connectivity index (χ0n) is 17.8. The molecule has 0 radical (unpaired) electrons. The number of nitrogens with two attached hydrogens (primary N) is 1. The van der Waals surface area contributed by atoms with Crippen molar-refractivity contribution in [3.8, 4) is 17.7 Å². The van der Waals surface area contributed by atoms with Crippen molar-refractivity contribution < 1.29 is 27.0 Å². The van der Waals surface area contributed by atoms with Crippen LogP contribution in [0.4, 0.5) is 8.78 Å². The number of aliphatic hydroxyl groups is 1. The lowest BCUT2D eigenvalue weighted by atomic mass is 9.92. The van der Waals surface area contributed by atoms with E-state index in [1.165, 1.54) is 32.3 Å². The number of sulfonamides is 1. The van der Waals surface area contributed by atoms with Crippen LogP contribution >= 0.6 is 0 Å². The molecule has 9 nitrogen and oxygen atoms in total. The van der Waals surface area contributed by atoms with E-state index in [-0.39, 0.29) is 41.9 Å². The molecule has 12 heteroatoms. The second kappa shape index (κ2) is 9.51. The van der Waals surface area contributed by atoms with Gasteiger partial charge in [-0.25, -0.2) is 36.5 Å². The van der Waals surface area contributed by atoms with Crippen molar-refractivity contribution in [2.24, 2.45) is 10.7 Å². The Balaban J connectivity index is 1.88. The van der Waals surface area contributed by atoms with Crippen molar-refractivity contribution in [1.82, 2.24) is 14.3 Å². The minimum atomic E-state index is -3.81. The number of aliphatic imine (C=N–C) groups is 1. The molecule has 0 saturated carbocycles. The molecular formula is C21H21F2N5O4S.